The van der Waals surface area contributed by atoms with Gasteiger partial charge in [0.05, 0.1) is 18.6 Å². The molecule has 6 heteroatoms. The van der Waals surface area contributed by atoms with Gasteiger partial charge >= 0.3 is 5.97 Å². The molecule has 2 atom stereocenters. The fraction of sp³-hybridized carbons (Fsp3) is 0.833. The van der Waals surface area contributed by atoms with E-state index in [4.69, 9.17) is 44.6 Å². The standard InChI is InChI=1S/C6H7Cl3O3/c7-6(8,9)1-3(5(10)11)4-2-12-4/h3-4H,1-2H2,(H,10,11)/t3?,4-/m0/s1. The third-order valence-corrected chi connectivity index (χ3v) is 2.04. The largest absolute Gasteiger partial charge is 0.481 e. The molecule has 3 nitrogen and oxygen atoms in total. The van der Waals surface area contributed by atoms with Crippen molar-refractivity contribution in [2.75, 3.05) is 6.61 Å². The quantitative estimate of drug-likeness (QED) is 0.598. The van der Waals surface area contributed by atoms with E-state index >= 15 is 0 Å². The molecule has 1 rings (SSSR count). The molecular formula is C6H7Cl3O3. The first-order valence-electron chi connectivity index (χ1n) is 3.31. The Labute approximate surface area is 84.5 Å². The average Bonchev–Trinajstić information content (AvgIpc) is 2.61. The molecule has 1 heterocycles. The van der Waals surface area contributed by atoms with E-state index in [0.29, 0.717) is 6.61 Å². The third kappa shape index (κ3) is 3.35. The van der Waals surface area contributed by atoms with Gasteiger partial charge in [0.2, 0.25) is 0 Å². The minimum Gasteiger partial charge on any atom is -0.481 e. The maximum atomic E-state index is 10.6. The molecule has 1 unspecified atom stereocenters. The first-order chi connectivity index (χ1) is 5.40. The van der Waals surface area contributed by atoms with Crippen LogP contribution in [0, 0.1) is 5.92 Å². The lowest BCUT2D eigenvalue weighted by atomic mass is 10.0. The fourth-order valence-electron chi connectivity index (χ4n) is 0.915. The SMILES string of the molecule is O=C(O)C(CC(Cl)(Cl)Cl)[C@@H]1CO1. The van der Waals surface area contributed by atoms with Gasteiger partial charge < -0.3 is 9.84 Å². The Morgan fingerprint density at radius 3 is 2.42 bits per heavy atom. The molecule has 12 heavy (non-hydrogen) atoms. The molecule has 0 aromatic heterocycles. The van der Waals surface area contributed by atoms with Gasteiger partial charge in [0, 0.05) is 6.42 Å². The molecule has 0 radical (unpaired) electrons. The van der Waals surface area contributed by atoms with Crippen molar-refractivity contribution in [1.82, 2.24) is 0 Å². The van der Waals surface area contributed by atoms with Gasteiger partial charge in [-0.05, 0) is 0 Å². The van der Waals surface area contributed by atoms with Gasteiger partial charge in [-0.25, -0.2) is 0 Å². The van der Waals surface area contributed by atoms with E-state index in [-0.39, 0.29) is 12.5 Å². The van der Waals surface area contributed by atoms with E-state index in [1.54, 1.807) is 0 Å². The lowest BCUT2D eigenvalue weighted by Gasteiger charge is -2.15. The van der Waals surface area contributed by atoms with Gasteiger partial charge in [-0.3, -0.25) is 4.79 Å². The number of aliphatic carboxylic acids is 1. The van der Waals surface area contributed by atoms with E-state index in [2.05, 4.69) is 0 Å². The molecule has 0 aliphatic carbocycles. The number of carbonyl (C=O) groups is 1. The summed E-state index contributed by atoms with van der Waals surface area (Å²) in [7, 11) is 0. The van der Waals surface area contributed by atoms with Crippen LogP contribution in [0.1, 0.15) is 6.42 Å². The second kappa shape index (κ2) is 3.58. The van der Waals surface area contributed by atoms with E-state index < -0.39 is 15.7 Å². The van der Waals surface area contributed by atoms with E-state index in [1.807, 2.05) is 0 Å². The van der Waals surface area contributed by atoms with Gasteiger partial charge in [0.15, 0.2) is 3.79 Å². The Hall–Kier alpha value is 0.300. The van der Waals surface area contributed by atoms with Crippen molar-refractivity contribution in [2.45, 2.75) is 16.3 Å². The normalized spacial score (nSPS) is 25.1. The predicted molar refractivity (Wildman–Crippen MR) is 45.8 cm³/mol. The number of carboxylic acid groups (broad SMARTS) is 1. The molecule has 0 aromatic carbocycles. The zero-order valence-corrected chi connectivity index (χ0v) is 8.23. The zero-order valence-electron chi connectivity index (χ0n) is 5.97. The molecule has 0 amide bonds. The summed E-state index contributed by atoms with van der Waals surface area (Å²) in [5.74, 6) is -1.69. The second-order valence-corrected chi connectivity index (χ2v) is 5.15. The van der Waals surface area contributed by atoms with E-state index in [0.717, 1.165) is 0 Å². The van der Waals surface area contributed by atoms with Crippen LogP contribution in [0.25, 0.3) is 0 Å². The lowest BCUT2D eigenvalue weighted by Crippen LogP contribution is -2.25. The maximum absolute atomic E-state index is 10.6. The smallest absolute Gasteiger partial charge is 0.309 e. The summed E-state index contributed by atoms with van der Waals surface area (Å²) in [5, 5.41) is 8.69. The lowest BCUT2D eigenvalue weighted by molar-refractivity contribution is -0.142. The summed E-state index contributed by atoms with van der Waals surface area (Å²) in [5.41, 5.74) is 0. The summed E-state index contributed by atoms with van der Waals surface area (Å²) in [4.78, 5) is 10.6. The van der Waals surface area contributed by atoms with Crippen molar-refractivity contribution in [1.29, 1.82) is 0 Å². The molecule has 0 saturated carbocycles. The highest BCUT2D eigenvalue weighted by molar-refractivity contribution is 6.67. The van der Waals surface area contributed by atoms with Crippen LogP contribution in [0.4, 0.5) is 0 Å². The molecule has 1 aliphatic heterocycles. The van der Waals surface area contributed by atoms with E-state index in [1.165, 1.54) is 0 Å². The Bertz CT molecular complexity index is 185. The maximum Gasteiger partial charge on any atom is 0.309 e. The van der Waals surface area contributed by atoms with Gasteiger partial charge in [0.25, 0.3) is 0 Å². The number of rotatable bonds is 3. The number of carboxylic acids is 1. The van der Waals surface area contributed by atoms with Crippen molar-refractivity contribution in [3.05, 3.63) is 0 Å². The fourth-order valence-corrected chi connectivity index (χ4v) is 1.41. The molecule has 70 valence electrons. The molecule has 0 aromatic rings. The Balaban J connectivity index is 2.49. The molecular weight excluding hydrogens is 226 g/mol. The van der Waals surface area contributed by atoms with Crippen molar-refractivity contribution < 1.29 is 14.6 Å². The van der Waals surface area contributed by atoms with Crippen molar-refractivity contribution in [2.24, 2.45) is 5.92 Å². The minimum absolute atomic E-state index is 0.0162. The van der Waals surface area contributed by atoms with Gasteiger partial charge in [-0.2, -0.15) is 0 Å². The monoisotopic (exact) mass is 232 g/mol. The highest BCUT2D eigenvalue weighted by Gasteiger charge is 2.42. The van der Waals surface area contributed by atoms with Crippen LogP contribution in [-0.2, 0) is 9.53 Å². The number of epoxide rings is 1. The predicted octanol–water partition coefficient (Wildman–Crippen LogP) is 1.85. The Morgan fingerprint density at radius 2 is 2.17 bits per heavy atom. The summed E-state index contributed by atoms with van der Waals surface area (Å²) in [6.07, 6.45) is -0.296. The average molecular weight is 233 g/mol. The van der Waals surface area contributed by atoms with Crippen LogP contribution in [0.15, 0.2) is 0 Å². The molecule has 1 aliphatic rings. The van der Waals surface area contributed by atoms with Crippen LogP contribution >= 0.6 is 34.8 Å². The van der Waals surface area contributed by atoms with Crippen LogP contribution in [-0.4, -0.2) is 27.6 Å². The van der Waals surface area contributed by atoms with E-state index in [9.17, 15) is 4.79 Å². The summed E-state index contributed by atoms with van der Waals surface area (Å²) in [6.45, 7) is 0.442. The Morgan fingerprint density at radius 1 is 1.67 bits per heavy atom. The third-order valence-electron chi connectivity index (χ3n) is 1.58. The Kier molecular flexibility index (Phi) is 3.10. The van der Waals surface area contributed by atoms with Gasteiger partial charge in [0.1, 0.15) is 0 Å². The first kappa shape index (κ1) is 10.4. The van der Waals surface area contributed by atoms with Crippen molar-refractivity contribution in [3.63, 3.8) is 0 Å². The number of alkyl halides is 3. The molecule has 0 bridgehead atoms. The minimum atomic E-state index is -1.52. The summed E-state index contributed by atoms with van der Waals surface area (Å²) in [6, 6.07) is 0. The van der Waals surface area contributed by atoms with Gasteiger partial charge in [-0.1, -0.05) is 34.8 Å². The zero-order chi connectivity index (χ0) is 9.35. The van der Waals surface area contributed by atoms with Crippen LogP contribution < -0.4 is 0 Å². The van der Waals surface area contributed by atoms with Crippen molar-refractivity contribution in [3.8, 4) is 0 Å². The summed E-state index contributed by atoms with van der Waals surface area (Å²) >= 11 is 16.4. The van der Waals surface area contributed by atoms with Gasteiger partial charge in [-0.15, -0.1) is 0 Å². The molecule has 0 spiro atoms. The number of hydrogen-bond donors (Lipinski definition) is 1. The van der Waals surface area contributed by atoms with Crippen LogP contribution in [0.5, 0.6) is 0 Å². The molecule has 1 saturated heterocycles. The summed E-state index contributed by atoms with van der Waals surface area (Å²) < 4.78 is 3.30. The first-order valence-corrected chi connectivity index (χ1v) is 4.45. The highest BCUT2D eigenvalue weighted by atomic mass is 35.6. The topological polar surface area (TPSA) is 49.8 Å². The van der Waals surface area contributed by atoms with Crippen LogP contribution in [0.3, 0.4) is 0 Å². The number of halogens is 3. The molecule has 1 fully saturated rings. The molecule has 1 N–H and O–H groups in total. The number of ether oxygens (including phenoxy) is 1. The second-order valence-electron chi connectivity index (χ2n) is 2.64. The van der Waals surface area contributed by atoms with Crippen molar-refractivity contribution >= 4 is 40.8 Å². The highest BCUT2D eigenvalue weighted by Crippen LogP contribution is 2.37. The van der Waals surface area contributed by atoms with Crippen LogP contribution in [0.2, 0.25) is 0 Å². The number of hydrogen-bond acceptors (Lipinski definition) is 2.